The summed E-state index contributed by atoms with van der Waals surface area (Å²) in [6, 6.07) is 0. The third-order valence-corrected chi connectivity index (χ3v) is 24.8. The molecule has 0 aromatic heterocycles. The number of ketones is 2. The molecule has 0 amide bonds. The number of rotatable bonds is 24. The Morgan fingerprint density at radius 3 is 0.679 bits per heavy atom. The average Bonchev–Trinajstić information content (AvgIpc) is 0.784. The van der Waals surface area contributed by atoms with Gasteiger partial charge in [-0.25, -0.2) is 0 Å². The van der Waals surface area contributed by atoms with Crippen molar-refractivity contribution in [3.8, 4) is 0 Å². The van der Waals surface area contributed by atoms with Crippen molar-refractivity contribution in [3.05, 3.63) is 0 Å². The van der Waals surface area contributed by atoms with Crippen LogP contribution in [0.3, 0.4) is 0 Å². The molecule has 140 heavy (non-hydrogen) atoms. The molecular formula is C89H172O51. The van der Waals surface area contributed by atoms with Gasteiger partial charge in [-0.3, -0.25) is 9.59 Å². The highest BCUT2D eigenvalue weighted by Crippen LogP contribution is 2.42. The van der Waals surface area contributed by atoms with Crippen LogP contribution in [0, 0.1) is 37.9 Å². The lowest BCUT2D eigenvalue weighted by Crippen LogP contribution is -2.65. The number of Topliss-reactive ketones (excluding diaryl/α,β-unsaturated/α-hetero) is 2. The Morgan fingerprint density at radius 1 is 0.243 bits per heavy atom. The predicted molar refractivity (Wildman–Crippen MR) is 478 cm³/mol. The summed E-state index contributed by atoms with van der Waals surface area (Å²) in [5.41, 5.74) is -4.02. The number of aliphatic hydroxyl groups is 38. The molecule has 0 aromatic carbocycles. The topological polar surface area (TPSA) is 904 Å². The van der Waals surface area contributed by atoms with Gasteiger partial charge in [-0.2, -0.15) is 0 Å². The molecule has 8 aliphatic rings. The lowest BCUT2D eigenvalue weighted by molar-refractivity contribution is -0.345. The van der Waals surface area contributed by atoms with Crippen LogP contribution in [-0.4, -0.2) is 559 Å². The minimum absolute atomic E-state index is 0.270. The molecule has 0 bridgehead atoms. The van der Waals surface area contributed by atoms with Gasteiger partial charge >= 0.3 is 0 Å². The van der Waals surface area contributed by atoms with Crippen molar-refractivity contribution in [2.75, 3.05) is 59.5 Å². The summed E-state index contributed by atoms with van der Waals surface area (Å²) < 4.78 is 59.7. The molecule has 0 spiro atoms. The van der Waals surface area contributed by atoms with Crippen molar-refractivity contribution in [3.63, 3.8) is 0 Å². The first-order chi connectivity index (χ1) is 63.9. The molecule has 0 radical (unpaired) electrons. The first-order valence-corrected chi connectivity index (χ1v) is 46.4. The fourth-order valence-corrected chi connectivity index (χ4v) is 16.0. The Morgan fingerprint density at radius 2 is 0.450 bits per heavy atom. The molecule has 0 aliphatic carbocycles. The zero-order chi connectivity index (χ0) is 109. The summed E-state index contributed by atoms with van der Waals surface area (Å²) >= 11 is 0. The second kappa shape index (κ2) is 56.5. The van der Waals surface area contributed by atoms with Gasteiger partial charge in [0.2, 0.25) is 0 Å². The SMILES string of the molecule is CC(C)(C)C(=O)[C@H](O)[C@@H](O)[C@H](O)[C@H](O)CO.CC(C)(C)C1OC(CO)[C@@H](O)[C@H](O)C1O.CC(C)(C)C1OC(CO)[C@@H](O)[C@H](O)C1O.CC(C)(C)C1OC(CO)[C@@H](O[C@@H]2OC(CO)[C@H](O)[C@H](O)C2O)[C@H](O)C1O.CC(C)(C)C1OC(CO)[C@@H](O[C@H]2OC(CO)[C@@H](O)[C@H](O)C2O)[C@H](O)C1O.CC(C)(C)C1OC(CO)[C@H](O)[C@H](O)C1O.CC[C@H]1OC(O[C@@H]([C@H](O)[C@@H](O)C(=O)C(C)(C)C)[C@H](O)CO)[C@H](O)[C@@H](O)[C@H]1O. The molecule has 38 N–H and O–H groups in total. The molecule has 8 rings (SSSR count). The second-order valence-corrected chi connectivity index (χ2v) is 43.8. The summed E-state index contributed by atoms with van der Waals surface area (Å²) in [7, 11) is 0. The van der Waals surface area contributed by atoms with Crippen LogP contribution in [0.15, 0.2) is 0 Å². The van der Waals surface area contributed by atoms with E-state index in [1.807, 2.05) is 62.3 Å². The fraction of sp³-hybridized carbons (Fsp3) is 0.978. The van der Waals surface area contributed by atoms with Crippen LogP contribution in [-0.2, 0) is 61.7 Å². The van der Waals surface area contributed by atoms with Crippen LogP contribution in [0.25, 0.3) is 0 Å². The molecule has 48 atom stereocenters. The molecule has 51 nitrogen and oxygen atoms in total. The molecule has 8 heterocycles. The number of ether oxygens (including phenoxy) is 11. The molecular weight excluding hydrogens is 1880 g/mol. The van der Waals surface area contributed by atoms with E-state index >= 15 is 0 Å². The molecule has 834 valence electrons. The van der Waals surface area contributed by atoms with E-state index in [-0.39, 0.29) is 42.5 Å². The average molecular weight is 2060 g/mol. The van der Waals surface area contributed by atoms with Crippen molar-refractivity contribution in [2.24, 2.45) is 37.9 Å². The number of carbonyl (C=O) groups excluding carboxylic acids is 2. The second-order valence-electron chi connectivity index (χ2n) is 43.8. The van der Waals surface area contributed by atoms with Crippen LogP contribution < -0.4 is 0 Å². The molecule has 0 saturated carbocycles. The quantitative estimate of drug-likeness (QED) is 0.0427. The third-order valence-electron chi connectivity index (χ3n) is 24.8. The summed E-state index contributed by atoms with van der Waals surface area (Å²) in [6.07, 6.45) is -63.3. The maximum absolute atomic E-state index is 12.2. The molecule has 0 aromatic rings. The van der Waals surface area contributed by atoms with Crippen molar-refractivity contribution < 1.29 is 256 Å². The normalized spacial score (nSPS) is 40.4. The maximum atomic E-state index is 12.2. The Balaban J connectivity index is 0.000000561. The minimum atomic E-state index is -1.95. The summed E-state index contributed by atoms with van der Waals surface area (Å²) in [6.45, 7) is 33.4. The predicted octanol–water partition coefficient (Wildman–Crippen LogP) is -14.7. The standard InChI is InChI=1S/C17H32O10.2C16H30O10.C10H20O6.3C10H20O5/c1-5-8-9(20)10(21)13(24)16(26-8)27-14(7(19)6-18)11(22)12(23)15(25)17(2,3)4;2*1-16(2,3)14-11(22)10(21)13(7(5-18)24-14)26-15-12(23)9(20)8(19)6(4-17)25-15;1-10(2,3)9(16)8(15)7(14)6(13)5(12)4-11;3*1-10(2,3)9-8(14)7(13)6(12)5(4-11)15-9/h7-14,16,18-24H,5-6H2,1-4H3;2*6-15,17-23H,4-5H2,1-3H3;5-8,11-15H,4H2,1-3H3;3*5-9,11-14H,4H2,1-3H3/t7-,8-,9+,10+,11-,12-,13-,14-,16?;6?,7?,8-,9+,10-,11?,12?,13-,14?,15-;6?,7?,8-,9-,10+,11?,12?,13+,14?,15-;5-,6-,7+,8-;2*5?,6-,7+,8?,9?;5?,6-,7-,8?,9?/m1101110/s1. The smallest absolute Gasteiger partial charge is 0.187 e. The highest BCUT2D eigenvalue weighted by Gasteiger charge is 2.58. The van der Waals surface area contributed by atoms with Gasteiger partial charge in [-0.1, -0.05) is 152 Å². The molecule has 8 fully saturated rings. The first kappa shape index (κ1) is 133. The number of carbonyl (C=O) groups is 2. The number of hydrogen-bond acceptors (Lipinski definition) is 51. The van der Waals surface area contributed by atoms with Gasteiger partial charge in [-0.05, 0) is 33.5 Å². The summed E-state index contributed by atoms with van der Waals surface area (Å²) in [5, 5.41) is 367. The molecule has 8 saturated heterocycles. The van der Waals surface area contributed by atoms with Crippen LogP contribution in [0.1, 0.15) is 159 Å². The van der Waals surface area contributed by atoms with E-state index in [4.69, 9.17) is 77.6 Å². The molecule has 20 unspecified atom stereocenters. The Kier molecular flexibility index (Phi) is 53.8. The van der Waals surface area contributed by atoms with Crippen LogP contribution in [0.5, 0.6) is 0 Å². The highest BCUT2D eigenvalue weighted by molar-refractivity contribution is 5.88. The lowest BCUT2D eigenvalue weighted by Gasteiger charge is -2.48. The third kappa shape index (κ3) is 35.2. The van der Waals surface area contributed by atoms with Gasteiger partial charge in [-0.15, -0.1) is 0 Å². The van der Waals surface area contributed by atoms with Crippen molar-refractivity contribution in [1.29, 1.82) is 0 Å². The van der Waals surface area contributed by atoms with Gasteiger partial charge in [0.25, 0.3) is 0 Å². The monoisotopic (exact) mass is 2060 g/mol. The maximum Gasteiger partial charge on any atom is 0.187 e. The number of hydrogen-bond donors (Lipinski definition) is 38. The zero-order valence-electron chi connectivity index (χ0n) is 83.6. The van der Waals surface area contributed by atoms with E-state index in [9.17, 15) is 178 Å². The molecule has 8 aliphatic heterocycles. The van der Waals surface area contributed by atoms with Crippen molar-refractivity contribution in [1.82, 2.24) is 0 Å². The van der Waals surface area contributed by atoms with Gasteiger partial charge in [0.05, 0.1) is 96.1 Å². The summed E-state index contributed by atoms with van der Waals surface area (Å²) in [5.74, 6) is -1.37. The van der Waals surface area contributed by atoms with Gasteiger partial charge in [0, 0.05) is 10.8 Å². The van der Waals surface area contributed by atoms with Crippen LogP contribution >= 0.6 is 0 Å². The molecule has 51 heteroatoms. The van der Waals surface area contributed by atoms with Gasteiger partial charge < -0.3 is 246 Å². The van der Waals surface area contributed by atoms with E-state index in [0.29, 0.717) is 0 Å². The van der Waals surface area contributed by atoms with Gasteiger partial charge in [0.1, 0.15) is 238 Å². The first-order valence-electron chi connectivity index (χ1n) is 46.4. The van der Waals surface area contributed by atoms with E-state index in [0.717, 1.165) is 0 Å². The van der Waals surface area contributed by atoms with E-state index in [2.05, 4.69) is 0 Å². The minimum Gasteiger partial charge on any atom is -0.394 e. The highest BCUT2D eigenvalue weighted by atomic mass is 16.7. The summed E-state index contributed by atoms with van der Waals surface area (Å²) in [4.78, 5) is 23.8. The van der Waals surface area contributed by atoms with E-state index in [1.54, 1.807) is 69.2 Å². The van der Waals surface area contributed by atoms with E-state index < -0.39 is 366 Å². The van der Waals surface area contributed by atoms with E-state index in [1.165, 1.54) is 20.8 Å². The zero-order valence-corrected chi connectivity index (χ0v) is 83.6. The van der Waals surface area contributed by atoms with Gasteiger partial charge in [0.15, 0.2) is 30.4 Å². The Hall–Kier alpha value is -2.62. The van der Waals surface area contributed by atoms with Crippen molar-refractivity contribution in [2.45, 2.75) is 452 Å². The lowest BCUT2D eigenvalue weighted by atomic mass is 9.80. The largest absolute Gasteiger partial charge is 0.394 e. The van der Waals surface area contributed by atoms with Crippen LogP contribution in [0.4, 0.5) is 0 Å². The van der Waals surface area contributed by atoms with Crippen molar-refractivity contribution >= 4 is 11.6 Å². The Labute approximate surface area is 814 Å². The Bertz CT molecular complexity index is 3260. The van der Waals surface area contributed by atoms with Crippen LogP contribution in [0.2, 0.25) is 0 Å². The number of aliphatic hydroxyl groups excluding tert-OH is 38. The fourth-order valence-electron chi connectivity index (χ4n) is 16.0.